The van der Waals surface area contributed by atoms with E-state index in [-0.39, 0.29) is 5.91 Å². The molecule has 1 aromatic heterocycles. The van der Waals surface area contributed by atoms with Crippen LogP contribution in [0.5, 0.6) is 0 Å². The molecule has 0 unspecified atom stereocenters. The van der Waals surface area contributed by atoms with Gasteiger partial charge in [-0.15, -0.1) is 11.3 Å². The van der Waals surface area contributed by atoms with Crippen LogP contribution in [0.4, 0.5) is 5.69 Å². The van der Waals surface area contributed by atoms with Crippen LogP contribution in [-0.2, 0) is 17.9 Å². The molecular formula is C14H17N3OS. The summed E-state index contributed by atoms with van der Waals surface area (Å²) in [5.41, 5.74) is 1.93. The number of amides is 1. The zero-order valence-electron chi connectivity index (χ0n) is 11.1. The van der Waals surface area contributed by atoms with Crippen LogP contribution in [0.2, 0.25) is 0 Å². The third-order valence-electron chi connectivity index (χ3n) is 2.59. The van der Waals surface area contributed by atoms with Gasteiger partial charge in [-0.1, -0.05) is 18.2 Å². The quantitative estimate of drug-likeness (QED) is 0.882. The third kappa shape index (κ3) is 4.15. The van der Waals surface area contributed by atoms with E-state index in [1.54, 1.807) is 11.3 Å². The molecule has 0 aliphatic heterocycles. The molecule has 1 amide bonds. The van der Waals surface area contributed by atoms with Crippen LogP contribution in [0.3, 0.4) is 0 Å². The summed E-state index contributed by atoms with van der Waals surface area (Å²) in [6.45, 7) is 5.01. The zero-order valence-corrected chi connectivity index (χ0v) is 11.9. The van der Waals surface area contributed by atoms with E-state index in [1.165, 1.54) is 11.8 Å². The SMILES string of the molecule is CC(=O)Nc1ccccc1CNCc1ncc(C)s1. The summed E-state index contributed by atoms with van der Waals surface area (Å²) in [4.78, 5) is 16.6. The van der Waals surface area contributed by atoms with Crippen molar-refractivity contribution < 1.29 is 4.79 Å². The maximum absolute atomic E-state index is 11.1. The van der Waals surface area contributed by atoms with Gasteiger partial charge in [0.25, 0.3) is 0 Å². The van der Waals surface area contributed by atoms with Crippen LogP contribution in [0.1, 0.15) is 22.4 Å². The van der Waals surface area contributed by atoms with Crippen molar-refractivity contribution in [2.24, 2.45) is 0 Å². The standard InChI is InChI=1S/C14H17N3OS/c1-10-7-16-14(19-10)9-15-8-12-5-3-4-6-13(12)17-11(2)18/h3-7,15H,8-9H2,1-2H3,(H,17,18). The molecule has 0 atom stereocenters. The number of hydrogen-bond acceptors (Lipinski definition) is 4. The molecule has 4 nitrogen and oxygen atoms in total. The van der Waals surface area contributed by atoms with Gasteiger partial charge in [0.1, 0.15) is 5.01 Å². The summed E-state index contributed by atoms with van der Waals surface area (Å²) in [5, 5.41) is 7.25. The Bertz CT molecular complexity index is 565. The fourth-order valence-corrected chi connectivity index (χ4v) is 2.53. The number of nitrogens with one attached hydrogen (secondary N) is 2. The summed E-state index contributed by atoms with van der Waals surface area (Å²) >= 11 is 1.69. The second-order valence-electron chi connectivity index (χ2n) is 4.31. The second kappa shape index (κ2) is 6.45. The van der Waals surface area contributed by atoms with Crippen LogP contribution < -0.4 is 10.6 Å². The number of carbonyl (C=O) groups is 1. The van der Waals surface area contributed by atoms with Crippen LogP contribution in [0.15, 0.2) is 30.5 Å². The van der Waals surface area contributed by atoms with E-state index in [4.69, 9.17) is 0 Å². The third-order valence-corrected chi connectivity index (χ3v) is 3.50. The normalized spacial score (nSPS) is 10.4. The Kier molecular flexibility index (Phi) is 4.65. The molecule has 0 spiro atoms. The van der Waals surface area contributed by atoms with Crippen molar-refractivity contribution in [3.63, 3.8) is 0 Å². The van der Waals surface area contributed by atoms with Crippen molar-refractivity contribution in [3.05, 3.63) is 45.9 Å². The van der Waals surface area contributed by atoms with Crippen LogP contribution in [-0.4, -0.2) is 10.9 Å². The highest BCUT2D eigenvalue weighted by Crippen LogP contribution is 2.15. The monoisotopic (exact) mass is 275 g/mol. The smallest absolute Gasteiger partial charge is 0.221 e. The van der Waals surface area contributed by atoms with Crippen molar-refractivity contribution in [1.82, 2.24) is 10.3 Å². The molecule has 0 aliphatic carbocycles. The number of aromatic nitrogens is 1. The summed E-state index contributed by atoms with van der Waals surface area (Å²) in [5.74, 6) is -0.0528. The minimum Gasteiger partial charge on any atom is -0.326 e. The first-order valence-electron chi connectivity index (χ1n) is 6.12. The van der Waals surface area contributed by atoms with Crippen molar-refractivity contribution in [3.8, 4) is 0 Å². The lowest BCUT2D eigenvalue weighted by molar-refractivity contribution is -0.114. The highest BCUT2D eigenvalue weighted by molar-refractivity contribution is 7.11. The zero-order chi connectivity index (χ0) is 13.7. The Balaban J connectivity index is 1.93. The van der Waals surface area contributed by atoms with Crippen LogP contribution in [0, 0.1) is 6.92 Å². The van der Waals surface area contributed by atoms with Gasteiger partial charge in [0.2, 0.25) is 5.91 Å². The van der Waals surface area contributed by atoms with Gasteiger partial charge in [-0.2, -0.15) is 0 Å². The van der Waals surface area contributed by atoms with Crippen LogP contribution in [0.25, 0.3) is 0 Å². The molecule has 2 N–H and O–H groups in total. The van der Waals surface area contributed by atoms with E-state index in [1.807, 2.05) is 37.4 Å². The average Bonchev–Trinajstić information content (AvgIpc) is 2.77. The fourth-order valence-electron chi connectivity index (χ4n) is 1.77. The van der Waals surface area contributed by atoms with E-state index < -0.39 is 0 Å². The number of nitrogens with zero attached hydrogens (tertiary/aromatic N) is 1. The van der Waals surface area contributed by atoms with Gasteiger partial charge < -0.3 is 10.6 Å². The Morgan fingerprint density at radius 1 is 1.32 bits per heavy atom. The minimum atomic E-state index is -0.0528. The molecule has 19 heavy (non-hydrogen) atoms. The van der Waals surface area contributed by atoms with Crippen molar-refractivity contribution in [2.45, 2.75) is 26.9 Å². The predicted molar refractivity (Wildman–Crippen MR) is 78.1 cm³/mol. The number of rotatable bonds is 5. The van der Waals surface area contributed by atoms with Gasteiger partial charge in [-0.05, 0) is 18.6 Å². The number of hydrogen-bond donors (Lipinski definition) is 2. The molecule has 2 aromatic rings. The van der Waals surface area contributed by atoms with Gasteiger partial charge in [-0.25, -0.2) is 4.98 Å². The summed E-state index contributed by atoms with van der Waals surface area (Å²) < 4.78 is 0. The molecular weight excluding hydrogens is 258 g/mol. The van der Waals surface area contributed by atoms with E-state index in [9.17, 15) is 4.79 Å². The molecule has 0 bridgehead atoms. The number of benzene rings is 1. The lowest BCUT2D eigenvalue weighted by atomic mass is 10.1. The largest absolute Gasteiger partial charge is 0.326 e. The van der Waals surface area contributed by atoms with Gasteiger partial charge in [0.15, 0.2) is 0 Å². The minimum absolute atomic E-state index is 0.0528. The molecule has 5 heteroatoms. The van der Waals surface area contributed by atoms with Crippen molar-refractivity contribution in [1.29, 1.82) is 0 Å². The van der Waals surface area contributed by atoms with Gasteiger partial charge in [0.05, 0.1) is 0 Å². The Morgan fingerprint density at radius 2 is 2.11 bits per heavy atom. The Morgan fingerprint density at radius 3 is 2.79 bits per heavy atom. The fraction of sp³-hybridized carbons (Fsp3) is 0.286. The number of para-hydroxylation sites is 1. The summed E-state index contributed by atoms with van der Waals surface area (Å²) in [6.07, 6.45) is 1.88. The summed E-state index contributed by atoms with van der Waals surface area (Å²) in [6, 6.07) is 7.80. The maximum atomic E-state index is 11.1. The van der Waals surface area contributed by atoms with E-state index in [2.05, 4.69) is 15.6 Å². The number of aryl methyl sites for hydroxylation is 1. The summed E-state index contributed by atoms with van der Waals surface area (Å²) in [7, 11) is 0. The molecule has 0 fully saturated rings. The Hall–Kier alpha value is -1.72. The first-order valence-corrected chi connectivity index (χ1v) is 6.94. The number of anilines is 1. The average molecular weight is 275 g/mol. The molecule has 0 aliphatic rings. The predicted octanol–water partition coefficient (Wildman–Crippen LogP) is 2.70. The topological polar surface area (TPSA) is 54.0 Å². The van der Waals surface area contributed by atoms with E-state index in [0.717, 1.165) is 22.8 Å². The lowest BCUT2D eigenvalue weighted by Gasteiger charge is -2.10. The van der Waals surface area contributed by atoms with Crippen LogP contribution >= 0.6 is 11.3 Å². The Labute approximate surface area is 116 Å². The molecule has 1 heterocycles. The van der Waals surface area contributed by atoms with Gasteiger partial charge in [-0.3, -0.25) is 4.79 Å². The lowest BCUT2D eigenvalue weighted by Crippen LogP contribution is -2.15. The van der Waals surface area contributed by atoms with Crippen molar-refractivity contribution in [2.75, 3.05) is 5.32 Å². The van der Waals surface area contributed by atoms with Gasteiger partial charge >= 0.3 is 0 Å². The number of carbonyl (C=O) groups excluding carboxylic acids is 1. The molecule has 2 rings (SSSR count). The molecule has 1 aromatic carbocycles. The van der Waals surface area contributed by atoms with Gasteiger partial charge in [0, 0.05) is 36.8 Å². The molecule has 0 saturated carbocycles. The first-order chi connectivity index (χ1) is 9.15. The molecule has 100 valence electrons. The molecule has 0 saturated heterocycles. The molecule has 0 radical (unpaired) electrons. The maximum Gasteiger partial charge on any atom is 0.221 e. The number of thiazole rings is 1. The highest BCUT2D eigenvalue weighted by atomic mass is 32.1. The van der Waals surface area contributed by atoms with E-state index >= 15 is 0 Å². The second-order valence-corrected chi connectivity index (χ2v) is 5.63. The van der Waals surface area contributed by atoms with E-state index in [0.29, 0.717) is 6.54 Å². The first kappa shape index (κ1) is 13.7. The highest BCUT2D eigenvalue weighted by Gasteiger charge is 2.03. The van der Waals surface area contributed by atoms with Crippen molar-refractivity contribution >= 4 is 22.9 Å².